The number of aryl methyl sites for hydroxylation is 1. The van der Waals surface area contributed by atoms with Crippen molar-refractivity contribution in [3.05, 3.63) is 35.6 Å². The second-order valence-electron chi connectivity index (χ2n) is 5.73. The number of nitrogens with two attached hydrogens (primary N) is 1. The molecule has 3 N–H and O–H groups in total. The molecule has 1 aliphatic heterocycles. The van der Waals surface area contributed by atoms with E-state index in [-0.39, 0.29) is 5.82 Å². The monoisotopic (exact) mass is 322 g/mol. The first-order valence-corrected chi connectivity index (χ1v) is 8.32. The van der Waals surface area contributed by atoms with Gasteiger partial charge in [-0.25, -0.2) is 4.39 Å². The molecular weight excluding hydrogens is 295 g/mol. The van der Waals surface area contributed by atoms with Crippen LogP contribution in [0.15, 0.2) is 29.3 Å². The molecular formula is C17H27FN4O. The van der Waals surface area contributed by atoms with Crippen LogP contribution >= 0.6 is 0 Å². The number of morpholine rings is 1. The molecule has 128 valence electrons. The summed E-state index contributed by atoms with van der Waals surface area (Å²) in [7, 11) is 0. The van der Waals surface area contributed by atoms with Gasteiger partial charge >= 0.3 is 0 Å². The lowest BCUT2D eigenvalue weighted by molar-refractivity contribution is 0.0376. The standard InChI is InChI=1S/C17H27FN4O/c18-16-6-1-4-15(14-16)5-2-7-20-17(19)21-8-3-9-22-10-12-23-13-11-22/h1,4,6,14H,2-3,5,7-13H2,(H3,19,20,21). The maximum atomic E-state index is 13.0. The zero-order valence-electron chi connectivity index (χ0n) is 13.6. The van der Waals surface area contributed by atoms with Crippen molar-refractivity contribution in [1.29, 1.82) is 0 Å². The highest BCUT2D eigenvalue weighted by Crippen LogP contribution is 2.06. The summed E-state index contributed by atoms with van der Waals surface area (Å²) >= 11 is 0. The fourth-order valence-electron chi connectivity index (χ4n) is 2.57. The summed E-state index contributed by atoms with van der Waals surface area (Å²) in [5.74, 6) is 0.304. The molecule has 1 fully saturated rings. The Labute approximate surface area is 137 Å². The highest BCUT2D eigenvalue weighted by Gasteiger charge is 2.08. The SMILES string of the molecule is NC(=NCCCc1cccc(F)c1)NCCCN1CCOCC1. The second-order valence-corrected chi connectivity index (χ2v) is 5.73. The van der Waals surface area contributed by atoms with E-state index < -0.39 is 0 Å². The fourth-order valence-corrected chi connectivity index (χ4v) is 2.57. The number of aliphatic imine (C=N–C) groups is 1. The van der Waals surface area contributed by atoms with Crippen LogP contribution in [-0.2, 0) is 11.2 Å². The average molecular weight is 322 g/mol. The van der Waals surface area contributed by atoms with Gasteiger partial charge in [0.15, 0.2) is 5.96 Å². The Morgan fingerprint density at radius 2 is 2.13 bits per heavy atom. The van der Waals surface area contributed by atoms with Crippen molar-refractivity contribution in [3.8, 4) is 0 Å². The van der Waals surface area contributed by atoms with Crippen molar-refractivity contribution in [1.82, 2.24) is 10.2 Å². The number of benzene rings is 1. The molecule has 1 heterocycles. The fraction of sp³-hybridized carbons (Fsp3) is 0.588. The van der Waals surface area contributed by atoms with Crippen LogP contribution in [0.1, 0.15) is 18.4 Å². The van der Waals surface area contributed by atoms with Crippen LogP contribution in [0.2, 0.25) is 0 Å². The molecule has 0 aromatic heterocycles. The summed E-state index contributed by atoms with van der Waals surface area (Å²) < 4.78 is 18.4. The van der Waals surface area contributed by atoms with E-state index in [1.54, 1.807) is 12.1 Å². The minimum absolute atomic E-state index is 0.188. The van der Waals surface area contributed by atoms with Crippen molar-refractivity contribution in [3.63, 3.8) is 0 Å². The minimum Gasteiger partial charge on any atom is -0.379 e. The molecule has 0 unspecified atom stereocenters. The van der Waals surface area contributed by atoms with Crippen molar-refractivity contribution >= 4 is 5.96 Å². The molecule has 23 heavy (non-hydrogen) atoms. The third-order valence-electron chi connectivity index (χ3n) is 3.86. The Morgan fingerprint density at radius 3 is 2.91 bits per heavy atom. The number of rotatable bonds is 8. The molecule has 1 aromatic carbocycles. The molecule has 0 bridgehead atoms. The van der Waals surface area contributed by atoms with Crippen molar-refractivity contribution in [2.45, 2.75) is 19.3 Å². The van der Waals surface area contributed by atoms with Crippen LogP contribution in [-0.4, -0.2) is 56.8 Å². The number of nitrogens with one attached hydrogen (secondary N) is 1. The lowest BCUT2D eigenvalue weighted by Crippen LogP contribution is -2.39. The van der Waals surface area contributed by atoms with Crippen LogP contribution in [0.25, 0.3) is 0 Å². The van der Waals surface area contributed by atoms with E-state index in [4.69, 9.17) is 10.5 Å². The van der Waals surface area contributed by atoms with Gasteiger partial charge < -0.3 is 15.8 Å². The molecule has 1 aromatic rings. The van der Waals surface area contributed by atoms with Crippen LogP contribution in [0.4, 0.5) is 4.39 Å². The van der Waals surface area contributed by atoms with Crippen LogP contribution in [0.5, 0.6) is 0 Å². The highest BCUT2D eigenvalue weighted by molar-refractivity contribution is 5.77. The maximum absolute atomic E-state index is 13.0. The molecule has 2 rings (SSSR count). The van der Waals surface area contributed by atoms with Crippen molar-refractivity contribution < 1.29 is 9.13 Å². The largest absolute Gasteiger partial charge is 0.379 e. The zero-order chi connectivity index (χ0) is 16.3. The summed E-state index contributed by atoms with van der Waals surface area (Å²) in [5, 5.41) is 3.14. The Morgan fingerprint density at radius 1 is 1.30 bits per heavy atom. The first-order chi connectivity index (χ1) is 11.2. The number of guanidine groups is 1. The number of halogens is 1. The molecule has 0 aliphatic carbocycles. The number of nitrogens with zero attached hydrogens (tertiary/aromatic N) is 2. The molecule has 0 saturated carbocycles. The summed E-state index contributed by atoms with van der Waals surface area (Å²) in [4.78, 5) is 6.70. The molecule has 0 radical (unpaired) electrons. The summed E-state index contributed by atoms with van der Waals surface area (Å²) in [6.45, 7) is 6.25. The van der Waals surface area contributed by atoms with Gasteiger partial charge in [-0.1, -0.05) is 12.1 Å². The first-order valence-electron chi connectivity index (χ1n) is 8.32. The van der Waals surface area contributed by atoms with E-state index in [1.165, 1.54) is 6.07 Å². The quantitative estimate of drug-likeness (QED) is 0.431. The Bertz CT molecular complexity index is 489. The lowest BCUT2D eigenvalue weighted by Gasteiger charge is -2.26. The van der Waals surface area contributed by atoms with Gasteiger partial charge in [-0.05, 0) is 43.5 Å². The molecule has 1 saturated heterocycles. The van der Waals surface area contributed by atoms with E-state index in [0.29, 0.717) is 12.5 Å². The molecule has 0 atom stereocenters. The molecule has 0 amide bonds. The van der Waals surface area contributed by atoms with E-state index in [0.717, 1.165) is 64.2 Å². The lowest BCUT2D eigenvalue weighted by atomic mass is 10.1. The van der Waals surface area contributed by atoms with E-state index in [2.05, 4.69) is 15.2 Å². The predicted molar refractivity (Wildman–Crippen MR) is 91.1 cm³/mol. The van der Waals surface area contributed by atoms with Gasteiger partial charge in [0, 0.05) is 26.2 Å². The van der Waals surface area contributed by atoms with Gasteiger partial charge in [0.1, 0.15) is 5.82 Å². The normalized spacial score (nSPS) is 16.5. The van der Waals surface area contributed by atoms with Crippen molar-refractivity contribution in [2.24, 2.45) is 10.7 Å². The Kier molecular flexibility index (Phi) is 7.83. The second kappa shape index (κ2) is 10.2. The number of ether oxygens (including phenoxy) is 1. The van der Waals surface area contributed by atoms with E-state index >= 15 is 0 Å². The van der Waals surface area contributed by atoms with Gasteiger partial charge in [-0.3, -0.25) is 9.89 Å². The van der Waals surface area contributed by atoms with Gasteiger partial charge in [0.25, 0.3) is 0 Å². The Hall–Kier alpha value is -1.66. The van der Waals surface area contributed by atoms with Gasteiger partial charge in [-0.15, -0.1) is 0 Å². The van der Waals surface area contributed by atoms with Crippen LogP contribution in [0, 0.1) is 5.82 Å². The van der Waals surface area contributed by atoms with Crippen molar-refractivity contribution in [2.75, 3.05) is 45.9 Å². The smallest absolute Gasteiger partial charge is 0.188 e. The van der Waals surface area contributed by atoms with E-state index in [1.807, 2.05) is 6.07 Å². The molecule has 6 heteroatoms. The summed E-state index contributed by atoms with van der Waals surface area (Å²) in [6.07, 6.45) is 2.71. The Balaban J connectivity index is 1.52. The van der Waals surface area contributed by atoms with E-state index in [9.17, 15) is 4.39 Å². The first kappa shape index (κ1) is 17.7. The topological polar surface area (TPSA) is 62.9 Å². The highest BCUT2D eigenvalue weighted by atomic mass is 19.1. The van der Waals surface area contributed by atoms with Crippen LogP contribution < -0.4 is 11.1 Å². The maximum Gasteiger partial charge on any atom is 0.188 e. The summed E-state index contributed by atoms with van der Waals surface area (Å²) in [5.41, 5.74) is 6.84. The van der Waals surface area contributed by atoms with Gasteiger partial charge in [0.2, 0.25) is 0 Å². The zero-order valence-corrected chi connectivity index (χ0v) is 13.6. The summed E-state index contributed by atoms with van der Waals surface area (Å²) in [6, 6.07) is 6.69. The number of hydrogen-bond acceptors (Lipinski definition) is 3. The molecule has 0 spiro atoms. The molecule has 5 nitrogen and oxygen atoms in total. The average Bonchev–Trinajstić information content (AvgIpc) is 2.57. The van der Waals surface area contributed by atoms with Crippen LogP contribution in [0.3, 0.4) is 0 Å². The minimum atomic E-state index is -0.188. The third-order valence-corrected chi connectivity index (χ3v) is 3.86. The van der Waals surface area contributed by atoms with Gasteiger partial charge in [0.05, 0.1) is 13.2 Å². The third kappa shape index (κ3) is 7.43. The predicted octanol–water partition coefficient (Wildman–Crippen LogP) is 1.38. The van der Waals surface area contributed by atoms with Gasteiger partial charge in [-0.2, -0.15) is 0 Å². The number of hydrogen-bond donors (Lipinski definition) is 2. The molecule has 1 aliphatic rings.